The number of fused-ring (bicyclic) bond motifs is 2. The van der Waals surface area contributed by atoms with E-state index in [-0.39, 0.29) is 11.3 Å². The number of carbonyl (C=O) groups is 1. The lowest BCUT2D eigenvalue weighted by Crippen LogP contribution is -2.45. The summed E-state index contributed by atoms with van der Waals surface area (Å²) in [5.74, 6) is 1.72. The van der Waals surface area contributed by atoms with Gasteiger partial charge in [0.15, 0.2) is 0 Å². The molecule has 0 saturated carbocycles. The summed E-state index contributed by atoms with van der Waals surface area (Å²) in [6.45, 7) is 6.07. The normalized spacial score (nSPS) is 17.6. The lowest BCUT2D eigenvalue weighted by Gasteiger charge is -2.34. The molecule has 3 aromatic rings. The molecule has 33 heavy (non-hydrogen) atoms. The molecule has 3 heterocycles. The molecular weight excluding hydrogens is 418 g/mol. The first-order chi connectivity index (χ1) is 16.1. The van der Waals surface area contributed by atoms with Crippen LogP contribution in [-0.4, -0.2) is 68.9 Å². The van der Waals surface area contributed by atoms with E-state index >= 15 is 0 Å². The number of phenols is 1. The van der Waals surface area contributed by atoms with Gasteiger partial charge in [-0.15, -0.1) is 10.2 Å². The molecule has 1 fully saturated rings. The van der Waals surface area contributed by atoms with E-state index in [9.17, 15) is 9.90 Å². The largest absolute Gasteiger partial charge is 0.507 e. The molecule has 0 bridgehead atoms. The van der Waals surface area contributed by atoms with Gasteiger partial charge in [0.2, 0.25) is 0 Å². The predicted octanol–water partition coefficient (Wildman–Crippen LogP) is 2.97. The Kier molecular flexibility index (Phi) is 6.28. The molecule has 174 valence electrons. The van der Waals surface area contributed by atoms with E-state index in [1.165, 1.54) is 26.4 Å². The molecule has 0 amide bonds. The molecule has 0 aliphatic carbocycles. The van der Waals surface area contributed by atoms with Gasteiger partial charge in [0.05, 0.1) is 13.7 Å². The zero-order valence-electron chi connectivity index (χ0n) is 19.2. The molecule has 8 heteroatoms. The second-order valence-electron chi connectivity index (χ2n) is 9.01. The van der Waals surface area contributed by atoms with Crippen LogP contribution < -0.4 is 0 Å². The summed E-state index contributed by atoms with van der Waals surface area (Å²) < 4.78 is 7.21. The number of aromatic nitrogens is 3. The van der Waals surface area contributed by atoms with E-state index in [0.717, 1.165) is 73.7 Å². The van der Waals surface area contributed by atoms with Crippen LogP contribution in [0.4, 0.5) is 0 Å². The minimum Gasteiger partial charge on any atom is -0.507 e. The highest BCUT2D eigenvalue weighted by Crippen LogP contribution is 2.33. The zero-order chi connectivity index (χ0) is 22.8. The zero-order valence-corrected chi connectivity index (χ0v) is 19.2. The van der Waals surface area contributed by atoms with Crippen molar-refractivity contribution in [1.82, 2.24) is 24.6 Å². The van der Waals surface area contributed by atoms with Crippen molar-refractivity contribution < 1.29 is 14.6 Å². The van der Waals surface area contributed by atoms with Crippen molar-refractivity contribution in [3.05, 3.63) is 53.1 Å². The van der Waals surface area contributed by atoms with Gasteiger partial charge in [0.1, 0.15) is 23.0 Å². The summed E-state index contributed by atoms with van der Waals surface area (Å²) in [5, 5.41) is 21.7. The van der Waals surface area contributed by atoms with Crippen molar-refractivity contribution in [1.29, 1.82) is 0 Å². The third-order valence-corrected chi connectivity index (χ3v) is 6.93. The predicted molar refractivity (Wildman–Crippen MR) is 125 cm³/mol. The van der Waals surface area contributed by atoms with Crippen molar-refractivity contribution in [3.63, 3.8) is 0 Å². The summed E-state index contributed by atoms with van der Waals surface area (Å²) in [6.07, 6.45) is 4.70. The minimum atomic E-state index is -0.517. The Balaban J connectivity index is 1.28. The van der Waals surface area contributed by atoms with Gasteiger partial charge in [0.25, 0.3) is 0 Å². The molecule has 0 spiro atoms. The summed E-state index contributed by atoms with van der Waals surface area (Å²) >= 11 is 0. The fourth-order valence-corrected chi connectivity index (χ4v) is 5.03. The molecule has 5 rings (SSSR count). The van der Waals surface area contributed by atoms with Crippen molar-refractivity contribution in [2.24, 2.45) is 0 Å². The number of carbonyl (C=O) groups excluding carboxylic acids is 1. The third kappa shape index (κ3) is 4.45. The maximum absolute atomic E-state index is 12.2. The Morgan fingerprint density at radius 2 is 1.76 bits per heavy atom. The molecule has 0 unspecified atom stereocenters. The molecule has 8 nitrogen and oxygen atoms in total. The van der Waals surface area contributed by atoms with Crippen LogP contribution in [0, 0.1) is 0 Å². The maximum Gasteiger partial charge on any atom is 0.341 e. The first-order valence-corrected chi connectivity index (χ1v) is 11.8. The first-order valence-electron chi connectivity index (χ1n) is 11.8. The summed E-state index contributed by atoms with van der Waals surface area (Å²) in [6, 6.07) is 9.57. The highest BCUT2D eigenvalue weighted by Gasteiger charge is 2.24. The van der Waals surface area contributed by atoms with Crippen LogP contribution in [0.2, 0.25) is 0 Å². The average Bonchev–Trinajstić information content (AvgIpc) is 3.06. The fraction of sp³-hybridized carbons (Fsp3) is 0.480. The van der Waals surface area contributed by atoms with E-state index in [1.54, 1.807) is 6.07 Å². The number of benzene rings is 2. The van der Waals surface area contributed by atoms with Gasteiger partial charge in [0, 0.05) is 51.3 Å². The molecule has 1 aromatic heterocycles. The molecule has 1 saturated heterocycles. The molecule has 2 aromatic carbocycles. The lowest BCUT2D eigenvalue weighted by molar-refractivity contribution is 0.0597. The van der Waals surface area contributed by atoms with Gasteiger partial charge in [-0.1, -0.05) is 30.7 Å². The average molecular weight is 450 g/mol. The number of methoxy groups -OCH3 is 1. The fourth-order valence-electron chi connectivity index (χ4n) is 5.03. The van der Waals surface area contributed by atoms with Gasteiger partial charge in [-0.3, -0.25) is 9.80 Å². The number of ether oxygens (including phenoxy) is 1. The van der Waals surface area contributed by atoms with Gasteiger partial charge >= 0.3 is 5.97 Å². The van der Waals surface area contributed by atoms with Crippen LogP contribution >= 0.6 is 0 Å². The number of rotatable bonds is 5. The lowest BCUT2D eigenvalue weighted by atomic mass is 9.98. The molecule has 2 aliphatic rings. The van der Waals surface area contributed by atoms with Crippen LogP contribution in [0.15, 0.2) is 30.3 Å². The van der Waals surface area contributed by atoms with Crippen molar-refractivity contribution in [3.8, 4) is 5.75 Å². The van der Waals surface area contributed by atoms with Crippen LogP contribution in [0.25, 0.3) is 10.8 Å². The Bertz CT molecular complexity index is 1150. The van der Waals surface area contributed by atoms with Crippen molar-refractivity contribution in [2.75, 3.05) is 33.3 Å². The van der Waals surface area contributed by atoms with E-state index in [1.807, 2.05) is 24.3 Å². The Morgan fingerprint density at radius 3 is 2.55 bits per heavy atom. The van der Waals surface area contributed by atoms with Crippen LogP contribution in [0.5, 0.6) is 5.75 Å². The number of aryl methyl sites for hydroxylation is 1. The number of esters is 1. The van der Waals surface area contributed by atoms with Gasteiger partial charge < -0.3 is 14.4 Å². The highest BCUT2D eigenvalue weighted by molar-refractivity contribution is 6.00. The Morgan fingerprint density at radius 1 is 1.00 bits per heavy atom. The minimum absolute atomic E-state index is 0.0223. The van der Waals surface area contributed by atoms with Crippen LogP contribution in [-0.2, 0) is 30.8 Å². The van der Waals surface area contributed by atoms with Gasteiger partial charge in [-0.2, -0.15) is 0 Å². The SMILES string of the molecule is COC(=O)c1cc2ccccc2c(CN2CCN(Cc3nnc4n3CCCCC4)CC2)c1O. The number of nitrogens with zero attached hydrogens (tertiary/aromatic N) is 5. The molecule has 1 N–H and O–H groups in total. The van der Waals surface area contributed by atoms with E-state index in [0.29, 0.717) is 6.54 Å². The second-order valence-corrected chi connectivity index (χ2v) is 9.01. The Labute approximate surface area is 193 Å². The molecule has 2 aliphatic heterocycles. The summed E-state index contributed by atoms with van der Waals surface area (Å²) in [4.78, 5) is 17.0. The Hall–Kier alpha value is -2.97. The third-order valence-electron chi connectivity index (χ3n) is 6.93. The number of aromatic hydroxyl groups is 1. The maximum atomic E-state index is 12.2. The number of piperazine rings is 1. The standard InChI is InChI=1S/C25H31N5O3/c1-33-25(32)20-15-18-7-4-5-8-19(18)21(24(20)31)16-28-11-13-29(14-12-28)17-23-27-26-22-9-3-2-6-10-30(22)23/h4-5,7-8,15,31H,2-3,6,9-14,16-17H2,1H3. The highest BCUT2D eigenvalue weighted by atomic mass is 16.5. The number of phenolic OH excluding ortho intramolecular Hbond substituents is 1. The monoisotopic (exact) mass is 449 g/mol. The van der Waals surface area contributed by atoms with Gasteiger partial charge in [-0.05, 0) is 29.7 Å². The van der Waals surface area contributed by atoms with Crippen LogP contribution in [0.3, 0.4) is 0 Å². The number of hydrogen-bond acceptors (Lipinski definition) is 7. The number of hydrogen-bond donors (Lipinski definition) is 1. The topological polar surface area (TPSA) is 83.7 Å². The molecule has 0 atom stereocenters. The molecule has 0 radical (unpaired) electrons. The quantitative estimate of drug-likeness (QED) is 0.600. The first kappa shape index (κ1) is 21.9. The van der Waals surface area contributed by atoms with Gasteiger partial charge in [-0.25, -0.2) is 4.79 Å². The second kappa shape index (κ2) is 9.49. The smallest absolute Gasteiger partial charge is 0.341 e. The molecular formula is C25H31N5O3. The summed E-state index contributed by atoms with van der Waals surface area (Å²) in [7, 11) is 1.34. The van der Waals surface area contributed by atoms with E-state index in [4.69, 9.17) is 4.74 Å². The van der Waals surface area contributed by atoms with Crippen molar-refractivity contribution >= 4 is 16.7 Å². The summed E-state index contributed by atoms with van der Waals surface area (Å²) in [5.41, 5.74) is 1.00. The van der Waals surface area contributed by atoms with Crippen LogP contribution in [0.1, 0.15) is 46.8 Å². The van der Waals surface area contributed by atoms with E-state index in [2.05, 4.69) is 24.6 Å². The van der Waals surface area contributed by atoms with Crippen molar-refractivity contribution in [2.45, 2.75) is 45.3 Å². The van der Waals surface area contributed by atoms with E-state index < -0.39 is 5.97 Å².